The third kappa shape index (κ3) is 4.90. The van der Waals surface area contributed by atoms with E-state index in [0.29, 0.717) is 40.5 Å². The van der Waals surface area contributed by atoms with Gasteiger partial charge >= 0.3 is 0 Å². The smallest absolute Gasteiger partial charge is 0.265 e. The number of nitrogens with one attached hydrogen (secondary N) is 1. The third-order valence-electron chi connectivity index (χ3n) is 5.22. The molecule has 0 fully saturated rings. The predicted molar refractivity (Wildman–Crippen MR) is 130 cm³/mol. The van der Waals surface area contributed by atoms with Gasteiger partial charge < -0.3 is 4.74 Å². The highest BCUT2D eigenvalue weighted by molar-refractivity contribution is 7.92. The number of aromatic nitrogens is 2. The Bertz CT molecular complexity index is 1430. The van der Waals surface area contributed by atoms with E-state index >= 15 is 0 Å². The first-order valence-electron chi connectivity index (χ1n) is 10.7. The molecule has 0 aliphatic carbocycles. The number of fused-ring (bicyclic) bond motifs is 1. The first-order valence-corrected chi connectivity index (χ1v) is 12.2. The fourth-order valence-corrected chi connectivity index (χ4v) is 4.55. The average molecular weight is 464 g/mol. The lowest BCUT2D eigenvalue weighted by Crippen LogP contribution is -2.22. The highest BCUT2D eigenvalue weighted by atomic mass is 32.2. The van der Waals surface area contributed by atoms with Crippen molar-refractivity contribution in [3.8, 4) is 11.4 Å². The molecule has 0 bridgehead atoms. The molecule has 0 saturated carbocycles. The van der Waals surface area contributed by atoms with Crippen molar-refractivity contribution in [1.82, 2.24) is 9.55 Å². The maximum absolute atomic E-state index is 13.0. The number of unbranched alkanes of at least 4 members (excludes halogenated alkanes) is 1. The second-order valence-electron chi connectivity index (χ2n) is 7.64. The maximum atomic E-state index is 13.0. The van der Waals surface area contributed by atoms with Crippen LogP contribution in [0.4, 0.5) is 5.69 Å². The molecule has 3 aromatic carbocycles. The van der Waals surface area contributed by atoms with Crippen molar-refractivity contribution in [3.63, 3.8) is 0 Å². The molecule has 8 heteroatoms. The first kappa shape index (κ1) is 22.5. The van der Waals surface area contributed by atoms with Crippen LogP contribution in [0.3, 0.4) is 0 Å². The van der Waals surface area contributed by atoms with Gasteiger partial charge in [-0.25, -0.2) is 13.4 Å². The van der Waals surface area contributed by atoms with Crippen molar-refractivity contribution in [3.05, 3.63) is 89.0 Å². The van der Waals surface area contributed by atoms with E-state index in [1.54, 1.807) is 61.5 Å². The third-order valence-corrected chi connectivity index (χ3v) is 6.62. The van der Waals surface area contributed by atoms with Crippen molar-refractivity contribution < 1.29 is 13.2 Å². The van der Waals surface area contributed by atoms with Crippen molar-refractivity contribution in [2.45, 2.75) is 31.6 Å². The molecule has 0 saturated heterocycles. The Labute approximate surface area is 192 Å². The Balaban J connectivity index is 1.54. The van der Waals surface area contributed by atoms with Crippen LogP contribution in [0.25, 0.3) is 16.6 Å². The molecule has 7 nitrogen and oxygen atoms in total. The quantitative estimate of drug-likeness (QED) is 0.384. The minimum Gasteiger partial charge on any atom is -0.494 e. The Morgan fingerprint density at radius 2 is 1.67 bits per heavy atom. The molecule has 0 aliphatic heterocycles. The first-order chi connectivity index (χ1) is 15.9. The largest absolute Gasteiger partial charge is 0.494 e. The van der Waals surface area contributed by atoms with Gasteiger partial charge in [-0.3, -0.25) is 14.1 Å². The number of sulfonamides is 1. The van der Waals surface area contributed by atoms with Gasteiger partial charge in [0.15, 0.2) is 0 Å². The van der Waals surface area contributed by atoms with E-state index in [-0.39, 0.29) is 10.5 Å². The minimum atomic E-state index is -3.76. The molecule has 1 aromatic heterocycles. The predicted octanol–water partition coefficient (Wildman–Crippen LogP) is 4.67. The summed E-state index contributed by atoms with van der Waals surface area (Å²) in [5.74, 6) is 1.19. The lowest BCUT2D eigenvalue weighted by Gasteiger charge is -2.13. The zero-order valence-corrected chi connectivity index (χ0v) is 19.3. The molecule has 1 N–H and O–H groups in total. The Morgan fingerprint density at radius 1 is 0.970 bits per heavy atom. The highest BCUT2D eigenvalue weighted by Crippen LogP contribution is 2.21. The number of hydrogen-bond acceptors (Lipinski definition) is 5. The van der Waals surface area contributed by atoms with Crippen LogP contribution in [-0.4, -0.2) is 24.6 Å². The van der Waals surface area contributed by atoms with E-state index in [2.05, 4.69) is 16.6 Å². The summed E-state index contributed by atoms with van der Waals surface area (Å²) in [6.45, 7) is 4.44. The molecular formula is C25H25N3O4S. The van der Waals surface area contributed by atoms with Gasteiger partial charge in [0, 0.05) is 5.69 Å². The molecule has 0 amide bonds. The number of hydrogen-bond donors (Lipinski definition) is 1. The van der Waals surface area contributed by atoms with Crippen LogP contribution in [0, 0.1) is 6.92 Å². The van der Waals surface area contributed by atoms with Crippen molar-refractivity contribution in [2.75, 3.05) is 11.3 Å². The summed E-state index contributed by atoms with van der Waals surface area (Å²) in [7, 11) is -3.76. The Morgan fingerprint density at radius 3 is 2.36 bits per heavy atom. The number of rotatable bonds is 8. The summed E-state index contributed by atoms with van der Waals surface area (Å²) in [5.41, 5.74) is 1.46. The Kier molecular flexibility index (Phi) is 6.46. The summed E-state index contributed by atoms with van der Waals surface area (Å²) in [6.07, 6.45) is 1.97. The molecule has 4 aromatic rings. The van der Waals surface area contributed by atoms with E-state index in [1.165, 1.54) is 16.7 Å². The number of benzene rings is 3. The molecule has 0 unspecified atom stereocenters. The topological polar surface area (TPSA) is 90.3 Å². The number of para-hydroxylation sites is 1. The van der Waals surface area contributed by atoms with Gasteiger partial charge in [0.25, 0.3) is 15.6 Å². The SMILES string of the molecule is CCCCOc1ccc(S(=O)(=O)Nc2ccc(-n3c(C)nc4ccccc4c3=O)cc2)cc1. The average Bonchev–Trinajstić information content (AvgIpc) is 2.80. The van der Waals surface area contributed by atoms with Crippen LogP contribution >= 0.6 is 0 Å². The van der Waals surface area contributed by atoms with Crippen LogP contribution in [0.15, 0.2) is 82.5 Å². The van der Waals surface area contributed by atoms with Crippen LogP contribution in [0.5, 0.6) is 5.75 Å². The molecule has 0 radical (unpaired) electrons. The van der Waals surface area contributed by atoms with Gasteiger partial charge in [-0.15, -0.1) is 0 Å². The number of anilines is 1. The molecule has 170 valence electrons. The lowest BCUT2D eigenvalue weighted by molar-refractivity contribution is 0.309. The summed E-state index contributed by atoms with van der Waals surface area (Å²) < 4.78 is 35.2. The van der Waals surface area contributed by atoms with Crippen LogP contribution < -0.4 is 15.0 Å². The van der Waals surface area contributed by atoms with E-state index in [1.807, 2.05) is 6.07 Å². The second-order valence-corrected chi connectivity index (χ2v) is 9.32. The standard InChI is InChI=1S/C25H25N3O4S/c1-3-4-17-32-21-13-15-22(16-14-21)33(30,31)27-19-9-11-20(12-10-19)28-18(2)26-24-8-6-5-7-23(24)25(28)29/h5-16,27H,3-4,17H2,1-2H3. The van der Waals surface area contributed by atoms with Gasteiger partial charge in [0.05, 0.1) is 28.1 Å². The van der Waals surface area contributed by atoms with Crippen molar-refractivity contribution >= 4 is 26.6 Å². The van der Waals surface area contributed by atoms with E-state index < -0.39 is 10.0 Å². The Hall–Kier alpha value is -3.65. The fraction of sp³-hybridized carbons (Fsp3) is 0.200. The maximum Gasteiger partial charge on any atom is 0.265 e. The van der Waals surface area contributed by atoms with Gasteiger partial charge in [-0.05, 0) is 74.0 Å². The molecule has 0 atom stereocenters. The van der Waals surface area contributed by atoms with E-state index in [4.69, 9.17) is 4.74 Å². The zero-order chi connectivity index (χ0) is 23.4. The number of aryl methyl sites for hydroxylation is 1. The van der Waals surface area contributed by atoms with Gasteiger partial charge in [0.1, 0.15) is 11.6 Å². The van der Waals surface area contributed by atoms with Crippen LogP contribution in [0.2, 0.25) is 0 Å². The molecule has 0 aliphatic rings. The normalized spacial score (nSPS) is 11.5. The minimum absolute atomic E-state index is 0.139. The van der Waals surface area contributed by atoms with Crippen molar-refractivity contribution in [2.24, 2.45) is 0 Å². The van der Waals surface area contributed by atoms with Crippen molar-refractivity contribution in [1.29, 1.82) is 0 Å². The highest BCUT2D eigenvalue weighted by Gasteiger charge is 2.15. The molecule has 0 spiro atoms. The molecule has 4 rings (SSSR count). The lowest BCUT2D eigenvalue weighted by atomic mass is 10.2. The number of ether oxygens (including phenoxy) is 1. The molecule has 1 heterocycles. The summed E-state index contributed by atoms with van der Waals surface area (Å²) in [6, 6.07) is 20.1. The molecule has 33 heavy (non-hydrogen) atoms. The van der Waals surface area contributed by atoms with E-state index in [9.17, 15) is 13.2 Å². The zero-order valence-electron chi connectivity index (χ0n) is 18.5. The van der Waals surface area contributed by atoms with Crippen LogP contribution in [0.1, 0.15) is 25.6 Å². The summed E-state index contributed by atoms with van der Waals surface area (Å²) in [4.78, 5) is 17.6. The van der Waals surface area contributed by atoms with Gasteiger partial charge in [-0.1, -0.05) is 25.5 Å². The summed E-state index contributed by atoms with van der Waals surface area (Å²) in [5, 5.41) is 0.523. The summed E-state index contributed by atoms with van der Waals surface area (Å²) >= 11 is 0. The van der Waals surface area contributed by atoms with E-state index in [0.717, 1.165) is 12.8 Å². The van der Waals surface area contributed by atoms with Gasteiger partial charge in [0.2, 0.25) is 0 Å². The monoisotopic (exact) mass is 463 g/mol. The second kappa shape index (κ2) is 9.46. The number of nitrogens with zero attached hydrogens (tertiary/aromatic N) is 2. The fourth-order valence-electron chi connectivity index (χ4n) is 3.49. The van der Waals surface area contributed by atoms with Crippen LogP contribution in [-0.2, 0) is 10.0 Å². The van der Waals surface area contributed by atoms with Gasteiger partial charge in [-0.2, -0.15) is 0 Å². The molecular weight excluding hydrogens is 438 g/mol.